The minimum Gasteiger partial charge on any atom is -0.379 e. The van der Waals surface area contributed by atoms with Gasteiger partial charge in [-0.1, -0.05) is 5.21 Å². The number of morpholine rings is 1. The van der Waals surface area contributed by atoms with Crippen LogP contribution in [0.3, 0.4) is 0 Å². The van der Waals surface area contributed by atoms with Gasteiger partial charge in [-0.15, -0.1) is 5.10 Å². The van der Waals surface area contributed by atoms with Gasteiger partial charge >= 0.3 is 0 Å². The number of nitrogens with zero attached hydrogens (tertiary/aromatic N) is 5. The molecule has 1 aromatic heterocycles. The van der Waals surface area contributed by atoms with E-state index in [1.807, 2.05) is 0 Å². The first kappa shape index (κ1) is 17.1. The summed E-state index contributed by atoms with van der Waals surface area (Å²) >= 11 is 0. The normalized spacial score (nSPS) is 19.3. The van der Waals surface area contributed by atoms with Crippen LogP contribution in [0.5, 0.6) is 0 Å². The predicted molar refractivity (Wildman–Crippen MR) is 91.0 cm³/mol. The molecule has 0 saturated carbocycles. The second-order valence-corrected chi connectivity index (χ2v) is 8.23. The molecule has 1 aromatic carbocycles. The van der Waals surface area contributed by atoms with Crippen molar-refractivity contribution in [3.63, 3.8) is 0 Å². The lowest BCUT2D eigenvalue weighted by molar-refractivity contribution is 0.0498. The van der Waals surface area contributed by atoms with Crippen LogP contribution in [0, 0.1) is 0 Å². The van der Waals surface area contributed by atoms with Crippen LogP contribution >= 0.6 is 0 Å². The van der Waals surface area contributed by atoms with Gasteiger partial charge in [0.2, 0.25) is 10.0 Å². The fourth-order valence-electron chi connectivity index (χ4n) is 3.09. The molecule has 2 aliphatic heterocycles. The molecule has 4 rings (SSSR count). The van der Waals surface area contributed by atoms with Gasteiger partial charge in [-0.2, -0.15) is 4.31 Å². The molecule has 0 spiro atoms. The molecule has 2 saturated heterocycles. The summed E-state index contributed by atoms with van der Waals surface area (Å²) in [6, 6.07) is 6.26. The minimum absolute atomic E-state index is 0.114. The highest BCUT2D eigenvalue weighted by molar-refractivity contribution is 7.89. The first-order valence-electron chi connectivity index (χ1n) is 8.39. The molecular formula is C16H19N5O4S. The minimum atomic E-state index is -3.54. The number of benzene rings is 1. The third kappa shape index (κ3) is 3.11. The zero-order valence-electron chi connectivity index (χ0n) is 14.1. The molecule has 9 nitrogen and oxygen atoms in total. The summed E-state index contributed by atoms with van der Waals surface area (Å²) in [6.45, 7) is 2.63. The average molecular weight is 377 g/mol. The summed E-state index contributed by atoms with van der Waals surface area (Å²) in [7, 11) is -3.54. The van der Waals surface area contributed by atoms with Gasteiger partial charge in [0, 0.05) is 37.9 Å². The lowest BCUT2D eigenvalue weighted by Gasteiger charge is -2.38. The van der Waals surface area contributed by atoms with Crippen LogP contribution in [-0.4, -0.2) is 77.9 Å². The van der Waals surface area contributed by atoms with Gasteiger partial charge in [0.25, 0.3) is 5.91 Å². The third-order valence-electron chi connectivity index (χ3n) is 4.67. The van der Waals surface area contributed by atoms with E-state index in [0.717, 1.165) is 0 Å². The summed E-state index contributed by atoms with van der Waals surface area (Å²) in [5.41, 5.74) is 0.475. The molecule has 1 amide bonds. The van der Waals surface area contributed by atoms with Crippen LogP contribution in [0.25, 0.3) is 0 Å². The van der Waals surface area contributed by atoms with E-state index in [1.165, 1.54) is 16.4 Å². The summed E-state index contributed by atoms with van der Waals surface area (Å²) in [6.07, 6.45) is 3.38. The Bertz CT molecular complexity index is 870. The topological polar surface area (TPSA) is 97.6 Å². The Morgan fingerprint density at radius 2 is 1.81 bits per heavy atom. The maximum Gasteiger partial charge on any atom is 0.254 e. The Labute approximate surface area is 151 Å². The van der Waals surface area contributed by atoms with E-state index in [2.05, 4.69) is 10.3 Å². The predicted octanol–water partition coefficient (Wildman–Crippen LogP) is -0.00390. The number of likely N-dealkylation sites (tertiary alicyclic amines) is 1. The number of carbonyl (C=O) groups excluding carboxylic acids is 1. The number of hydrogen-bond acceptors (Lipinski definition) is 6. The Morgan fingerprint density at radius 1 is 1.12 bits per heavy atom. The molecule has 2 fully saturated rings. The van der Waals surface area contributed by atoms with Crippen LogP contribution in [0.1, 0.15) is 16.4 Å². The standard InChI is InChI=1S/C16H19N5O4S/c22-16(19-11-14(12-19)21-6-5-17-18-21)13-1-3-15(4-2-13)26(23,24)20-7-9-25-10-8-20/h1-6,14H,7-12H2. The summed E-state index contributed by atoms with van der Waals surface area (Å²) < 4.78 is 33.5. The number of ether oxygens (including phenoxy) is 1. The number of amides is 1. The van der Waals surface area contributed by atoms with Crippen molar-refractivity contribution in [2.24, 2.45) is 0 Å². The lowest BCUT2D eigenvalue weighted by Crippen LogP contribution is -2.50. The molecule has 138 valence electrons. The number of hydrogen-bond donors (Lipinski definition) is 0. The van der Waals surface area contributed by atoms with Crippen molar-refractivity contribution in [2.75, 3.05) is 39.4 Å². The zero-order chi connectivity index (χ0) is 18.1. The Morgan fingerprint density at radius 3 is 2.42 bits per heavy atom. The highest BCUT2D eigenvalue weighted by Gasteiger charge is 2.33. The van der Waals surface area contributed by atoms with Gasteiger partial charge < -0.3 is 9.64 Å². The van der Waals surface area contributed by atoms with Crippen molar-refractivity contribution in [2.45, 2.75) is 10.9 Å². The number of aromatic nitrogens is 3. The molecule has 26 heavy (non-hydrogen) atoms. The molecule has 0 unspecified atom stereocenters. The van der Waals surface area contributed by atoms with E-state index in [1.54, 1.807) is 34.1 Å². The lowest BCUT2D eigenvalue weighted by atomic mass is 10.1. The Kier molecular flexibility index (Phi) is 4.47. The monoisotopic (exact) mass is 377 g/mol. The van der Waals surface area contributed by atoms with Crippen LogP contribution in [0.2, 0.25) is 0 Å². The van der Waals surface area contributed by atoms with E-state index < -0.39 is 10.0 Å². The van der Waals surface area contributed by atoms with Crippen molar-refractivity contribution in [1.82, 2.24) is 24.2 Å². The SMILES string of the molecule is O=C(c1ccc(S(=O)(=O)N2CCOCC2)cc1)N1CC(n2ccnn2)C1. The van der Waals surface area contributed by atoms with E-state index in [9.17, 15) is 13.2 Å². The third-order valence-corrected chi connectivity index (χ3v) is 6.59. The second kappa shape index (κ2) is 6.78. The van der Waals surface area contributed by atoms with Gasteiger partial charge in [0.05, 0.1) is 30.3 Å². The zero-order valence-corrected chi connectivity index (χ0v) is 14.9. The molecule has 3 heterocycles. The van der Waals surface area contributed by atoms with Gasteiger partial charge in [-0.05, 0) is 24.3 Å². The molecular weight excluding hydrogens is 358 g/mol. The van der Waals surface area contributed by atoms with Gasteiger partial charge in [0.15, 0.2) is 0 Å². The van der Waals surface area contributed by atoms with Crippen molar-refractivity contribution < 1.29 is 17.9 Å². The molecule has 0 radical (unpaired) electrons. The first-order valence-corrected chi connectivity index (χ1v) is 9.83. The maximum absolute atomic E-state index is 12.6. The second-order valence-electron chi connectivity index (χ2n) is 6.29. The highest BCUT2D eigenvalue weighted by Crippen LogP contribution is 2.23. The molecule has 0 aliphatic carbocycles. The molecule has 0 bridgehead atoms. The van der Waals surface area contributed by atoms with Crippen LogP contribution in [-0.2, 0) is 14.8 Å². The van der Waals surface area contributed by atoms with E-state index in [0.29, 0.717) is 45.0 Å². The van der Waals surface area contributed by atoms with Crippen LogP contribution < -0.4 is 0 Å². The fourth-order valence-corrected chi connectivity index (χ4v) is 4.50. The quantitative estimate of drug-likeness (QED) is 0.744. The van der Waals surface area contributed by atoms with Crippen molar-refractivity contribution in [3.05, 3.63) is 42.2 Å². The molecule has 0 atom stereocenters. The summed E-state index contributed by atoms with van der Waals surface area (Å²) in [4.78, 5) is 14.4. The van der Waals surface area contributed by atoms with Crippen LogP contribution in [0.4, 0.5) is 0 Å². The Balaban J connectivity index is 1.42. The molecule has 10 heteroatoms. The van der Waals surface area contributed by atoms with E-state index in [-0.39, 0.29) is 16.8 Å². The average Bonchev–Trinajstić information content (AvgIpc) is 3.15. The van der Waals surface area contributed by atoms with E-state index in [4.69, 9.17) is 4.74 Å². The number of rotatable bonds is 4. The van der Waals surface area contributed by atoms with Gasteiger partial charge in [-0.25, -0.2) is 13.1 Å². The van der Waals surface area contributed by atoms with Crippen molar-refractivity contribution >= 4 is 15.9 Å². The summed E-state index contributed by atoms with van der Waals surface area (Å²) in [5, 5.41) is 7.70. The van der Waals surface area contributed by atoms with Gasteiger partial charge in [0.1, 0.15) is 0 Å². The van der Waals surface area contributed by atoms with Crippen molar-refractivity contribution in [1.29, 1.82) is 0 Å². The Hall–Kier alpha value is -2.30. The first-order chi connectivity index (χ1) is 12.6. The smallest absolute Gasteiger partial charge is 0.254 e. The molecule has 2 aliphatic rings. The number of sulfonamides is 1. The van der Waals surface area contributed by atoms with Crippen LogP contribution in [0.15, 0.2) is 41.6 Å². The molecule has 0 N–H and O–H groups in total. The summed E-state index contributed by atoms with van der Waals surface area (Å²) in [5.74, 6) is -0.114. The molecule has 2 aromatic rings. The highest BCUT2D eigenvalue weighted by atomic mass is 32.2. The van der Waals surface area contributed by atoms with Gasteiger partial charge in [-0.3, -0.25) is 4.79 Å². The maximum atomic E-state index is 12.6. The number of carbonyl (C=O) groups is 1. The fraction of sp³-hybridized carbons (Fsp3) is 0.438. The van der Waals surface area contributed by atoms with E-state index >= 15 is 0 Å². The largest absolute Gasteiger partial charge is 0.379 e. The van der Waals surface area contributed by atoms with Crippen molar-refractivity contribution in [3.8, 4) is 0 Å².